The number of nitrogens with two attached hydrogens (primary N) is 1. The number of fused-ring (bicyclic) bond motifs is 1. The summed E-state index contributed by atoms with van der Waals surface area (Å²) in [4.78, 5) is 23.9. The minimum Gasteiger partial charge on any atom is -0.480 e. The zero-order valence-electron chi connectivity index (χ0n) is 21.6. The van der Waals surface area contributed by atoms with Crippen molar-refractivity contribution >= 4 is 11.8 Å². The third kappa shape index (κ3) is 4.65. The topological polar surface area (TPSA) is 132 Å². The molecule has 4 heterocycles. The van der Waals surface area contributed by atoms with Gasteiger partial charge in [-0.05, 0) is 18.4 Å². The minimum absolute atomic E-state index is 0.218. The van der Waals surface area contributed by atoms with Gasteiger partial charge in [0.05, 0.1) is 19.3 Å². The van der Waals surface area contributed by atoms with Gasteiger partial charge in [0, 0.05) is 43.0 Å². The molecule has 2 aliphatic rings. The summed E-state index contributed by atoms with van der Waals surface area (Å²) in [5, 5.41) is 7.10. The van der Waals surface area contributed by atoms with E-state index in [-0.39, 0.29) is 5.82 Å². The largest absolute Gasteiger partial charge is 0.480 e. The molecular formula is C26H25F3N10O. The van der Waals surface area contributed by atoms with E-state index in [1.807, 2.05) is 17.0 Å². The molecule has 6 rings (SSSR count). The molecule has 206 valence electrons. The van der Waals surface area contributed by atoms with Gasteiger partial charge in [-0.15, -0.1) is 5.10 Å². The van der Waals surface area contributed by atoms with Crippen molar-refractivity contribution in [2.24, 2.45) is 18.0 Å². The van der Waals surface area contributed by atoms with Gasteiger partial charge in [0.2, 0.25) is 11.8 Å². The van der Waals surface area contributed by atoms with Crippen LogP contribution in [0.2, 0.25) is 0 Å². The monoisotopic (exact) mass is 550 g/mol. The molecule has 3 N–H and O–H groups in total. The van der Waals surface area contributed by atoms with Crippen molar-refractivity contribution < 1.29 is 17.9 Å². The highest BCUT2D eigenvalue weighted by Gasteiger charge is 2.35. The highest BCUT2D eigenvalue weighted by Crippen LogP contribution is 2.45. The first kappa shape index (κ1) is 25.5. The summed E-state index contributed by atoms with van der Waals surface area (Å²) < 4.78 is 46.3. The molecule has 1 saturated carbocycles. The molecule has 0 saturated heterocycles. The summed E-state index contributed by atoms with van der Waals surface area (Å²) in [5.74, 6) is 8.13. The van der Waals surface area contributed by atoms with E-state index in [9.17, 15) is 13.2 Å². The number of halogens is 3. The number of hydrazone groups is 1. The van der Waals surface area contributed by atoms with Crippen molar-refractivity contribution in [2.75, 3.05) is 12.0 Å². The van der Waals surface area contributed by atoms with Gasteiger partial charge in [-0.25, -0.2) is 24.9 Å². The summed E-state index contributed by atoms with van der Waals surface area (Å²) in [5.41, 5.74) is 2.83. The molecule has 0 atom stereocenters. The van der Waals surface area contributed by atoms with Crippen molar-refractivity contribution in [3.8, 4) is 28.7 Å². The van der Waals surface area contributed by atoms with E-state index < -0.39 is 11.9 Å². The Labute approximate surface area is 227 Å². The molecule has 14 heteroatoms. The minimum atomic E-state index is -4.52. The van der Waals surface area contributed by atoms with Crippen LogP contribution in [0.3, 0.4) is 0 Å². The maximum absolute atomic E-state index is 13.1. The zero-order valence-corrected chi connectivity index (χ0v) is 21.6. The first-order valence-corrected chi connectivity index (χ1v) is 12.5. The average Bonchev–Trinajstić information content (AvgIpc) is 3.73. The van der Waals surface area contributed by atoms with Crippen molar-refractivity contribution in [1.82, 2.24) is 34.8 Å². The maximum atomic E-state index is 13.1. The Bertz CT molecular complexity index is 1600. The van der Waals surface area contributed by atoms with E-state index in [4.69, 9.17) is 15.6 Å². The maximum Gasteiger partial charge on any atom is 0.434 e. The predicted octanol–water partition coefficient (Wildman–Crippen LogP) is 3.58. The van der Waals surface area contributed by atoms with Gasteiger partial charge in [-0.3, -0.25) is 4.90 Å². The number of ether oxygens (including phenoxy) is 1. The van der Waals surface area contributed by atoms with Crippen molar-refractivity contribution in [3.63, 3.8) is 0 Å². The SMILES string of the molecule is COc1ncnc(C2CC2)c1-c1ncc2c(n1)N(Cc1ccc(-c3nc(C(F)(F)F)cn3C)cc1)C(=NN)NC2. The number of anilines is 1. The molecule has 4 aromatic rings. The smallest absolute Gasteiger partial charge is 0.434 e. The van der Waals surface area contributed by atoms with Crippen LogP contribution in [-0.4, -0.2) is 42.6 Å². The van der Waals surface area contributed by atoms with Gasteiger partial charge in [0.1, 0.15) is 23.5 Å². The molecule has 0 amide bonds. The van der Waals surface area contributed by atoms with E-state index >= 15 is 0 Å². The van der Waals surface area contributed by atoms with E-state index in [0.29, 0.717) is 53.6 Å². The lowest BCUT2D eigenvalue weighted by atomic mass is 10.1. The number of rotatable bonds is 6. The molecule has 1 aliphatic heterocycles. The number of imidazole rings is 1. The van der Waals surface area contributed by atoms with Gasteiger partial charge >= 0.3 is 6.18 Å². The van der Waals surface area contributed by atoms with Gasteiger partial charge in [-0.2, -0.15) is 13.2 Å². The molecule has 0 bridgehead atoms. The van der Waals surface area contributed by atoms with Crippen LogP contribution < -0.4 is 20.8 Å². The normalized spacial score (nSPS) is 16.1. The van der Waals surface area contributed by atoms with Crippen molar-refractivity contribution in [1.29, 1.82) is 0 Å². The number of alkyl halides is 3. The summed E-state index contributed by atoms with van der Waals surface area (Å²) in [7, 11) is 3.08. The Balaban J connectivity index is 1.34. The summed E-state index contributed by atoms with van der Waals surface area (Å²) in [6.45, 7) is 0.763. The highest BCUT2D eigenvalue weighted by atomic mass is 19.4. The molecule has 11 nitrogen and oxygen atoms in total. The Hall–Kier alpha value is -4.75. The van der Waals surface area contributed by atoms with Crippen molar-refractivity contribution in [2.45, 2.75) is 38.0 Å². The lowest BCUT2D eigenvalue weighted by Gasteiger charge is -2.31. The van der Waals surface area contributed by atoms with Crippen LogP contribution in [0.1, 0.15) is 41.3 Å². The molecule has 0 radical (unpaired) electrons. The fraction of sp³-hybridized carbons (Fsp3) is 0.308. The molecule has 3 aromatic heterocycles. The second-order valence-corrected chi connectivity index (χ2v) is 9.61. The second-order valence-electron chi connectivity index (χ2n) is 9.61. The lowest BCUT2D eigenvalue weighted by molar-refractivity contribution is -0.140. The van der Waals surface area contributed by atoms with E-state index in [2.05, 4.69) is 30.4 Å². The Morgan fingerprint density at radius 3 is 2.55 bits per heavy atom. The number of aromatic nitrogens is 6. The Morgan fingerprint density at radius 2 is 1.90 bits per heavy atom. The lowest BCUT2D eigenvalue weighted by Crippen LogP contribution is -2.46. The molecule has 1 fully saturated rings. The number of aryl methyl sites for hydroxylation is 1. The molecular weight excluding hydrogens is 525 g/mol. The summed E-state index contributed by atoms with van der Waals surface area (Å²) in [6, 6.07) is 7.10. The fourth-order valence-corrected chi connectivity index (χ4v) is 4.74. The molecule has 0 spiro atoms. The number of nitrogens with one attached hydrogen (secondary N) is 1. The van der Waals surface area contributed by atoms with Crippen LogP contribution >= 0.6 is 0 Å². The van der Waals surface area contributed by atoms with E-state index in [0.717, 1.165) is 35.9 Å². The third-order valence-corrected chi connectivity index (χ3v) is 6.85. The number of guanidine groups is 1. The fourth-order valence-electron chi connectivity index (χ4n) is 4.74. The summed E-state index contributed by atoms with van der Waals surface area (Å²) >= 11 is 0. The first-order chi connectivity index (χ1) is 19.3. The molecule has 40 heavy (non-hydrogen) atoms. The van der Waals surface area contributed by atoms with Gasteiger partial charge in [0.25, 0.3) is 0 Å². The van der Waals surface area contributed by atoms with Crippen molar-refractivity contribution in [3.05, 3.63) is 65.5 Å². The van der Waals surface area contributed by atoms with Gasteiger partial charge in [-0.1, -0.05) is 24.3 Å². The van der Waals surface area contributed by atoms with Crippen LogP contribution in [0.25, 0.3) is 22.8 Å². The van der Waals surface area contributed by atoms with Crippen LogP contribution in [0.4, 0.5) is 19.0 Å². The quantitative estimate of drug-likeness (QED) is 0.273. The molecule has 1 aromatic carbocycles. The number of nitrogens with zero attached hydrogens (tertiary/aromatic N) is 8. The Morgan fingerprint density at radius 1 is 1.12 bits per heavy atom. The predicted molar refractivity (Wildman–Crippen MR) is 140 cm³/mol. The van der Waals surface area contributed by atoms with Gasteiger partial charge in [0.15, 0.2) is 11.5 Å². The standard InChI is InChI=1S/C26H25F3N10O/c1-38-12-18(26(27,28)29)35-22(38)16-5-3-14(4-6-16)11-39-23-17(10-32-25(39)37-30)9-31-21(36-23)19-20(15-7-8-15)33-13-34-24(19)40-2/h3-6,9,12-13,15H,7-8,10-11,30H2,1-2H3,(H,32,37). The summed E-state index contributed by atoms with van der Waals surface area (Å²) in [6.07, 6.45) is 1.76. The van der Waals surface area contributed by atoms with E-state index in [1.165, 1.54) is 17.9 Å². The first-order valence-electron chi connectivity index (χ1n) is 12.5. The van der Waals surface area contributed by atoms with Crippen LogP contribution in [0.5, 0.6) is 5.88 Å². The third-order valence-electron chi connectivity index (χ3n) is 6.85. The van der Waals surface area contributed by atoms with Crippen LogP contribution in [0.15, 0.2) is 48.1 Å². The van der Waals surface area contributed by atoms with Crippen LogP contribution in [0, 0.1) is 0 Å². The number of hydrogen-bond acceptors (Lipinski definition) is 8. The second kappa shape index (κ2) is 9.77. The number of hydrogen-bond donors (Lipinski definition) is 2. The Kier molecular flexibility index (Phi) is 6.24. The molecule has 0 unspecified atom stereocenters. The van der Waals surface area contributed by atoms with Gasteiger partial charge < -0.3 is 20.5 Å². The van der Waals surface area contributed by atoms with E-state index in [1.54, 1.807) is 25.4 Å². The zero-order chi connectivity index (χ0) is 28.0. The highest BCUT2D eigenvalue weighted by molar-refractivity contribution is 5.97. The average molecular weight is 551 g/mol. The molecule has 1 aliphatic carbocycles. The number of benzene rings is 1. The van der Waals surface area contributed by atoms with Crippen LogP contribution in [-0.2, 0) is 26.3 Å². The number of methoxy groups -OCH3 is 1.